The van der Waals surface area contributed by atoms with Crippen molar-refractivity contribution in [3.63, 3.8) is 0 Å². The second kappa shape index (κ2) is 11.4. The van der Waals surface area contributed by atoms with Crippen molar-refractivity contribution >= 4 is 14.1 Å². The van der Waals surface area contributed by atoms with Crippen LogP contribution in [0.1, 0.15) is 66.7 Å². The lowest BCUT2D eigenvalue weighted by molar-refractivity contribution is 0.674. The number of rotatable bonds is 10. The van der Waals surface area contributed by atoms with Gasteiger partial charge in [-0.15, -0.1) is 6.08 Å². The molecule has 101 valence electrons. The van der Waals surface area contributed by atoms with Crippen molar-refractivity contribution in [2.45, 2.75) is 77.3 Å². The van der Waals surface area contributed by atoms with E-state index in [1.807, 2.05) is 0 Å². The average molecular weight is 252 g/mol. The lowest BCUT2D eigenvalue weighted by Crippen LogP contribution is -2.15. The molecule has 0 amide bonds. The van der Waals surface area contributed by atoms with Gasteiger partial charge in [0, 0.05) is 0 Å². The quantitative estimate of drug-likeness (QED) is 0.337. The highest BCUT2D eigenvalue weighted by Crippen LogP contribution is 2.16. The number of hydrogen-bond donors (Lipinski definition) is 0. The van der Waals surface area contributed by atoms with Gasteiger partial charge in [-0.05, 0) is 27.0 Å². The summed E-state index contributed by atoms with van der Waals surface area (Å²) in [6.45, 7) is 11.8. The number of allylic oxidation sites excluding steroid dienone is 1. The first-order valence-corrected chi connectivity index (χ1v) is 10.0. The molecule has 0 saturated carbocycles. The van der Waals surface area contributed by atoms with Crippen LogP contribution < -0.4 is 0 Å². The molecule has 17 heavy (non-hydrogen) atoms. The molecule has 0 aromatic heterocycles. The maximum Gasteiger partial charge on any atom is -0.00486 e. The van der Waals surface area contributed by atoms with Crippen LogP contribution >= 0.6 is 0 Å². The minimum atomic E-state index is -0.589. The Bertz CT molecular complexity index is 172. The molecule has 0 saturated heterocycles. The molecule has 0 fully saturated rings. The molecule has 0 aliphatic rings. The van der Waals surface area contributed by atoms with Gasteiger partial charge in [-0.25, -0.2) is 10.6 Å². The molecule has 0 nitrogen and oxygen atoms in total. The highest BCUT2D eigenvalue weighted by molar-refractivity contribution is 6.64. The van der Waals surface area contributed by atoms with E-state index in [4.69, 9.17) is 0 Å². The van der Waals surface area contributed by atoms with Gasteiger partial charge in [0.25, 0.3) is 0 Å². The summed E-state index contributed by atoms with van der Waals surface area (Å²) < 4.78 is 0. The molecule has 1 radical (unpaired) electrons. The van der Waals surface area contributed by atoms with E-state index in [0.717, 1.165) is 11.8 Å². The zero-order chi connectivity index (χ0) is 13.1. The molecule has 0 aromatic carbocycles. The van der Waals surface area contributed by atoms with Crippen molar-refractivity contribution < 1.29 is 0 Å². The van der Waals surface area contributed by atoms with Crippen molar-refractivity contribution in [2.24, 2.45) is 11.8 Å². The van der Waals surface area contributed by atoms with E-state index in [1.165, 1.54) is 42.7 Å². The van der Waals surface area contributed by atoms with Crippen LogP contribution in [0.25, 0.3) is 0 Å². The van der Waals surface area contributed by atoms with Gasteiger partial charge in [0.1, 0.15) is 0 Å². The van der Waals surface area contributed by atoms with Crippen molar-refractivity contribution in [3.8, 4) is 0 Å². The lowest BCUT2D eigenvalue weighted by Gasteiger charge is -2.25. The Hall–Kier alpha value is 0.272. The second-order valence-electron chi connectivity index (χ2n) is 6.30. The maximum atomic E-state index is 2.63. The smallest absolute Gasteiger partial charge is 0.00486 e. The standard InChI is InChI=1S/C8H15.2C4H9.Al/c1-3-5-7-8-6-4-2;2*1-4(2)3;/h1,3H,4-8H2,2H3;2*4H,1H2,2-3H3;/q;;;-1. The summed E-state index contributed by atoms with van der Waals surface area (Å²) in [5, 5.41) is 2.98. The third-order valence-electron chi connectivity index (χ3n) is 3.18. The summed E-state index contributed by atoms with van der Waals surface area (Å²) >= 11 is -0.589. The third kappa shape index (κ3) is 12.5. The molecule has 0 atom stereocenters. The van der Waals surface area contributed by atoms with E-state index in [0.29, 0.717) is 0 Å². The Morgan fingerprint density at radius 3 is 1.94 bits per heavy atom. The highest BCUT2D eigenvalue weighted by Gasteiger charge is 2.02. The fourth-order valence-electron chi connectivity index (χ4n) is 2.44. The predicted molar refractivity (Wildman–Crippen MR) is 82.9 cm³/mol. The zero-order valence-electron chi connectivity index (χ0n) is 12.8. The van der Waals surface area contributed by atoms with Gasteiger partial charge in [0.05, 0.1) is 0 Å². The minimum absolute atomic E-state index is 0.589. The second-order valence-corrected chi connectivity index (χ2v) is 9.14. The SMILES string of the molecule is CCCCCC/C=[CH]/[Al-]([CH2]C(C)C)[CH2]C(C)C. The normalized spacial score (nSPS) is 12.5. The van der Waals surface area contributed by atoms with Crippen molar-refractivity contribution in [1.82, 2.24) is 0 Å². The Morgan fingerprint density at radius 1 is 0.882 bits per heavy atom. The van der Waals surface area contributed by atoms with E-state index in [9.17, 15) is 0 Å². The fourth-order valence-corrected chi connectivity index (χ4v) is 5.95. The molecule has 0 aliphatic carbocycles. The van der Waals surface area contributed by atoms with Crippen LogP contribution in [0, 0.1) is 11.8 Å². The monoisotopic (exact) mass is 252 g/mol. The van der Waals surface area contributed by atoms with Crippen LogP contribution in [-0.4, -0.2) is 14.1 Å². The van der Waals surface area contributed by atoms with Gasteiger partial charge in [-0.1, -0.05) is 65.7 Å². The summed E-state index contributed by atoms with van der Waals surface area (Å²) in [6, 6.07) is 0. The molecule has 0 heterocycles. The van der Waals surface area contributed by atoms with Gasteiger partial charge >= 0.3 is 0 Å². The summed E-state index contributed by atoms with van der Waals surface area (Å²) in [7, 11) is 0. The van der Waals surface area contributed by atoms with Crippen LogP contribution in [0.15, 0.2) is 11.0 Å². The highest BCUT2D eigenvalue weighted by atomic mass is 27.2. The Balaban J connectivity index is 3.83. The van der Waals surface area contributed by atoms with E-state index < -0.39 is 14.1 Å². The largest absolute Gasteiger partial charge is 0.306 e. The summed E-state index contributed by atoms with van der Waals surface area (Å²) in [4.78, 5) is 2.63. The van der Waals surface area contributed by atoms with Crippen LogP contribution in [-0.2, 0) is 0 Å². The molecule has 1 heteroatoms. The van der Waals surface area contributed by atoms with Gasteiger partial charge in [0.15, 0.2) is 0 Å². The number of hydrogen-bond acceptors (Lipinski definition) is 0. The minimum Gasteiger partial charge on any atom is -0.306 e. The maximum absolute atomic E-state index is 2.63. The molecule has 0 bridgehead atoms. The molecule has 0 aliphatic heterocycles. The fraction of sp³-hybridized carbons (Fsp3) is 0.875. The summed E-state index contributed by atoms with van der Waals surface area (Å²) in [5.74, 6) is 1.77. The van der Waals surface area contributed by atoms with Crippen molar-refractivity contribution in [2.75, 3.05) is 0 Å². The first-order chi connectivity index (χ1) is 8.06. The van der Waals surface area contributed by atoms with Gasteiger partial charge in [-0.3, -0.25) is 0 Å². The van der Waals surface area contributed by atoms with Gasteiger partial charge in [-0.2, -0.15) is 0 Å². The molecular weight excluding hydrogens is 219 g/mol. The average Bonchev–Trinajstić information content (AvgIpc) is 2.21. The van der Waals surface area contributed by atoms with Crippen molar-refractivity contribution in [1.29, 1.82) is 0 Å². The zero-order valence-corrected chi connectivity index (χ0v) is 14.0. The molecule has 0 unspecified atom stereocenters. The summed E-state index contributed by atoms with van der Waals surface area (Å²) in [5.41, 5.74) is 0. The van der Waals surface area contributed by atoms with E-state index in [-0.39, 0.29) is 0 Å². The third-order valence-corrected chi connectivity index (χ3v) is 7.09. The van der Waals surface area contributed by atoms with Gasteiger partial charge < -0.3 is 4.94 Å². The topological polar surface area (TPSA) is 0 Å². The molecule has 0 rings (SSSR count). The number of unbranched alkanes of at least 4 members (excludes halogenated alkanes) is 4. The molecule has 0 spiro atoms. The summed E-state index contributed by atoms with van der Waals surface area (Å²) in [6.07, 6.45) is 9.39. The first-order valence-electron chi connectivity index (χ1n) is 7.72. The van der Waals surface area contributed by atoms with E-state index >= 15 is 0 Å². The first kappa shape index (κ1) is 17.3. The van der Waals surface area contributed by atoms with Crippen LogP contribution in [0.3, 0.4) is 0 Å². The van der Waals surface area contributed by atoms with Crippen LogP contribution in [0.4, 0.5) is 0 Å². The lowest BCUT2D eigenvalue weighted by atomic mass is 10.2. The molecular formula is C16H33Al-. The van der Waals surface area contributed by atoms with Crippen LogP contribution in [0.5, 0.6) is 0 Å². The Morgan fingerprint density at radius 2 is 1.47 bits per heavy atom. The van der Waals surface area contributed by atoms with E-state index in [1.54, 1.807) is 0 Å². The Kier molecular flexibility index (Phi) is 11.6. The molecule has 0 N–H and O–H groups in total. The molecule has 0 aromatic rings. The predicted octanol–water partition coefficient (Wildman–Crippen LogP) is 5.86. The Labute approximate surface area is 114 Å². The van der Waals surface area contributed by atoms with E-state index in [2.05, 4.69) is 45.6 Å². The van der Waals surface area contributed by atoms with Crippen molar-refractivity contribution in [3.05, 3.63) is 11.0 Å². The van der Waals surface area contributed by atoms with Gasteiger partial charge in [0.2, 0.25) is 0 Å². The van der Waals surface area contributed by atoms with Crippen LogP contribution in [0.2, 0.25) is 10.6 Å².